The number of carbonyl (C=O) groups is 1. The molecule has 0 unspecified atom stereocenters. The molecular weight excluding hydrogens is 420 g/mol. The lowest BCUT2D eigenvalue weighted by molar-refractivity contribution is 0.0951. The zero-order valence-corrected chi connectivity index (χ0v) is 18.9. The minimum atomic E-state index is -0.192. The molecule has 6 nitrogen and oxygen atoms in total. The first-order valence-electron chi connectivity index (χ1n) is 11.0. The number of allylic oxidation sites excluding steroid dienone is 1. The van der Waals surface area contributed by atoms with Crippen molar-refractivity contribution in [3.05, 3.63) is 86.9 Å². The predicted molar refractivity (Wildman–Crippen MR) is 130 cm³/mol. The Hall–Kier alpha value is -3.03. The summed E-state index contributed by atoms with van der Waals surface area (Å²) in [5, 5.41) is 3.51. The van der Waals surface area contributed by atoms with Crippen molar-refractivity contribution in [1.82, 2.24) is 19.8 Å². The quantitative estimate of drug-likeness (QED) is 0.421. The summed E-state index contributed by atoms with van der Waals surface area (Å²) in [5.74, 6) is -0.186. The van der Waals surface area contributed by atoms with Gasteiger partial charge in [0.15, 0.2) is 4.77 Å². The van der Waals surface area contributed by atoms with Gasteiger partial charge in [0.25, 0.3) is 11.5 Å². The van der Waals surface area contributed by atoms with Gasteiger partial charge >= 0.3 is 0 Å². The fourth-order valence-corrected chi connectivity index (χ4v) is 4.48. The Bertz CT molecular complexity index is 1250. The third-order valence-electron chi connectivity index (χ3n) is 5.96. The Kier molecular flexibility index (Phi) is 6.97. The molecule has 1 saturated heterocycles. The average Bonchev–Trinajstić information content (AvgIpc) is 2.81. The number of amides is 1. The SMILES string of the molecule is C=CCn1c(=S)[nH]c2cc(C(=O)NCc3ccccc3CN3CCCCC3)ccc2c1=O. The second kappa shape index (κ2) is 10.1. The maximum atomic E-state index is 12.8. The number of rotatable bonds is 7. The largest absolute Gasteiger partial charge is 0.348 e. The summed E-state index contributed by atoms with van der Waals surface area (Å²) in [7, 11) is 0. The molecule has 0 spiro atoms. The van der Waals surface area contributed by atoms with Crippen molar-refractivity contribution < 1.29 is 4.79 Å². The van der Waals surface area contributed by atoms with Crippen LogP contribution in [0.15, 0.2) is 59.9 Å². The Labute approximate surface area is 192 Å². The third kappa shape index (κ3) is 4.89. The molecule has 1 aromatic heterocycles. The van der Waals surface area contributed by atoms with Crippen LogP contribution in [-0.2, 0) is 19.6 Å². The Morgan fingerprint density at radius 3 is 2.62 bits per heavy atom. The first-order valence-corrected chi connectivity index (χ1v) is 11.4. The van der Waals surface area contributed by atoms with Gasteiger partial charge in [0.2, 0.25) is 0 Å². The molecule has 4 rings (SSSR count). The average molecular weight is 449 g/mol. The second-order valence-electron chi connectivity index (χ2n) is 8.18. The summed E-state index contributed by atoms with van der Waals surface area (Å²) in [6.45, 7) is 7.63. The standard InChI is InChI=1S/C25H28N4O2S/c1-2-12-29-24(31)21-11-10-18(15-22(21)27-25(29)32)23(30)26-16-19-8-4-5-9-20(19)17-28-13-6-3-7-14-28/h2,4-5,8-11,15H,1,3,6-7,12-14,16-17H2,(H,26,30)(H,27,32). The van der Waals surface area contributed by atoms with Crippen LogP contribution in [0.2, 0.25) is 0 Å². The molecule has 0 bridgehead atoms. The minimum Gasteiger partial charge on any atom is -0.348 e. The number of nitrogens with one attached hydrogen (secondary N) is 2. The fourth-order valence-electron chi connectivity index (χ4n) is 4.21. The summed E-state index contributed by atoms with van der Waals surface area (Å²) in [6, 6.07) is 13.3. The summed E-state index contributed by atoms with van der Waals surface area (Å²) < 4.78 is 1.76. The van der Waals surface area contributed by atoms with E-state index in [9.17, 15) is 9.59 Å². The number of benzene rings is 2. The van der Waals surface area contributed by atoms with Crippen molar-refractivity contribution in [2.75, 3.05) is 13.1 Å². The van der Waals surface area contributed by atoms with Gasteiger partial charge in [-0.1, -0.05) is 36.8 Å². The second-order valence-corrected chi connectivity index (χ2v) is 8.57. The number of aromatic nitrogens is 2. The van der Waals surface area contributed by atoms with Gasteiger partial charge < -0.3 is 10.3 Å². The number of piperidine rings is 1. The van der Waals surface area contributed by atoms with E-state index in [0.29, 0.717) is 34.3 Å². The van der Waals surface area contributed by atoms with Crippen LogP contribution in [0.25, 0.3) is 10.9 Å². The molecule has 7 heteroatoms. The number of H-pyrrole nitrogens is 1. The van der Waals surface area contributed by atoms with Gasteiger partial charge in [0.1, 0.15) is 0 Å². The lowest BCUT2D eigenvalue weighted by Gasteiger charge is -2.27. The van der Waals surface area contributed by atoms with E-state index in [1.165, 1.54) is 29.4 Å². The molecule has 1 amide bonds. The summed E-state index contributed by atoms with van der Waals surface area (Å²) >= 11 is 5.29. The Balaban J connectivity index is 1.50. The van der Waals surface area contributed by atoms with E-state index in [0.717, 1.165) is 25.2 Å². The van der Waals surface area contributed by atoms with Gasteiger partial charge in [-0.05, 0) is 67.5 Å². The molecule has 2 heterocycles. The summed E-state index contributed by atoms with van der Waals surface area (Å²) in [5.41, 5.74) is 3.22. The number of hydrogen-bond donors (Lipinski definition) is 2. The van der Waals surface area contributed by atoms with Gasteiger partial charge in [0.05, 0.1) is 10.9 Å². The highest BCUT2D eigenvalue weighted by molar-refractivity contribution is 7.71. The van der Waals surface area contributed by atoms with Crippen molar-refractivity contribution in [3.63, 3.8) is 0 Å². The molecule has 1 aliphatic heterocycles. The van der Waals surface area contributed by atoms with E-state index in [2.05, 4.69) is 40.0 Å². The molecule has 0 saturated carbocycles. The molecule has 1 aliphatic rings. The number of carbonyl (C=O) groups excluding carboxylic acids is 1. The number of nitrogens with zero attached hydrogens (tertiary/aromatic N) is 2. The van der Waals surface area contributed by atoms with Gasteiger partial charge in [-0.2, -0.15) is 0 Å². The van der Waals surface area contributed by atoms with Crippen LogP contribution in [0, 0.1) is 4.77 Å². The molecule has 0 aliphatic carbocycles. The Morgan fingerprint density at radius 2 is 1.88 bits per heavy atom. The third-order valence-corrected chi connectivity index (χ3v) is 6.28. The van der Waals surface area contributed by atoms with Crippen molar-refractivity contribution >= 4 is 29.0 Å². The molecule has 0 radical (unpaired) electrons. The van der Waals surface area contributed by atoms with Crippen LogP contribution in [-0.4, -0.2) is 33.4 Å². The highest BCUT2D eigenvalue weighted by atomic mass is 32.1. The van der Waals surface area contributed by atoms with E-state index in [1.807, 2.05) is 6.07 Å². The minimum absolute atomic E-state index is 0.186. The van der Waals surface area contributed by atoms with Gasteiger partial charge in [-0.15, -0.1) is 6.58 Å². The maximum absolute atomic E-state index is 12.8. The molecule has 2 N–H and O–H groups in total. The number of aromatic amines is 1. The molecule has 0 atom stereocenters. The monoisotopic (exact) mass is 448 g/mol. The smallest absolute Gasteiger partial charge is 0.262 e. The maximum Gasteiger partial charge on any atom is 0.262 e. The topological polar surface area (TPSA) is 70.1 Å². The van der Waals surface area contributed by atoms with Crippen LogP contribution in [0.5, 0.6) is 0 Å². The molecule has 1 fully saturated rings. The first-order chi connectivity index (χ1) is 15.6. The van der Waals surface area contributed by atoms with Crippen LogP contribution in [0.1, 0.15) is 40.7 Å². The lowest BCUT2D eigenvalue weighted by Crippen LogP contribution is -2.30. The Morgan fingerprint density at radius 1 is 1.12 bits per heavy atom. The number of hydrogen-bond acceptors (Lipinski definition) is 4. The van der Waals surface area contributed by atoms with Crippen molar-refractivity contribution in [1.29, 1.82) is 0 Å². The van der Waals surface area contributed by atoms with Crippen molar-refractivity contribution in [2.24, 2.45) is 0 Å². The highest BCUT2D eigenvalue weighted by Gasteiger charge is 2.14. The normalized spacial score (nSPS) is 14.4. The lowest BCUT2D eigenvalue weighted by atomic mass is 10.0. The summed E-state index contributed by atoms with van der Waals surface area (Å²) in [6.07, 6.45) is 5.44. The molecular formula is C25H28N4O2S. The van der Waals surface area contributed by atoms with E-state index >= 15 is 0 Å². The zero-order chi connectivity index (χ0) is 22.5. The van der Waals surface area contributed by atoms with E-state index in [-0.39, 0.29) is 11.5 Å². The van der Waals surface area contributed by atoms with Gasteiger partial charge in [0, 0.05) is 25.2 Å². The molecule has 166 valence electrons. The van der Waals surface area contributed by atoms with E-state index in [4.69, 9.17) is 12.2 Å². The van der Waals surface area contributed by atoms with Crippen molar-refractivity contribution in [3.8, 4) is 0 Å². The van der Waals surface area contributed by atoms with Crippen LogP contribution in [0.4, 0.5) is 0 Å². The predicted octanol–water partition coefficient (Wildman–Crippen LogP) is 4.16. The first kappa shape index (κ1) is 22.2. The van der Waals surface area contributed by atoms with E-state index in [1.54, 1.807) is 24.3 Å². The molecule has 32 heavy (non-hydrogen) atoms. The number of likely N-dealkylation sites (tertiary alicyclic amines) is 1. The number of fused-ring (bicyclic) bond motifs is 1. The summed E-state index contributed by atoms with van der Waals surface area (Å²) in [4.78, 5) is 31.0. The zero-order valence-electron chi connectivity index (χ0n) is 18.1. The highest BCUT2D eigenvalue weighted by Crippen LogP contribution is 2.17. The van der Waals surface area contributed by atoms with Gasteiger partial charge in [-0.25, -0.2) is 0 Å². The van der Waals surface area contributed by atoms with E-state index < -0.39 is 0 Å². The molecule has 3 aromatic rings. The van der Waals surface area contributed by atoms with Crippen LogP contribution in [0.3, 0.4) is 0 Å². The van der Waals surface area contributed by atoms with Crippen LogP contribution < -0.4 is 10.9 Å². The van der Waals surface area contributed by atoms with Crippen molar-refractivity contribution in [2.45, 2.75) is 38.9 Å². The fraction of sp³-hybridized carbons (Fsp3) is 0.320. The molecule has 2 aromatic carbocycles. The van der Waals surface area contributed by atoms with Gasteiger partial charge in [-0.3, -0.25) is 19.1 Å². The van der Waals surface area contributed by atoms with Crippen LogP contribution >= 0.6 is 12.2 Å².